The van der Waals surface area contributed by atoms with Gasteiger partial charge >= 0.3 is 0 Å². The van der Waals surface area contributed by atoms with Crippen molar-refractivity contribution in [3.63, 3.8) is 0 Å². The molecule has 7 nitrogen and oxygen atoms in total. The minimum absolute atomic E-state index is 0.0654. The average molecular weight is 254 g/mol. The molecular weight excluding hydrogens is 236 g/mol. The summed E-state index contributed by atoms with van der Waals surface area (Å²) in [6.45, 7) is 3.68. The molecule has 0 bridgehead atoms. The number of benzene rings is 1. The molecule has 0 saturated carbocycles. The summed E-state index contributed by atoms with van der Waals surface area (Å²) >= 11 is 0. The highest BCUT2D eigenvalue weighted by Gasteiger charge is 2.21. The lowest BCUT2D eigenvalue weighted by atomic mass is 9.99. The second kappa shape index (κ2) is 5.65. The molecule has 0 heterocycles. The molecule has 100 valence electrons. The van der Waals surface area contributed by atoms with Crippen LogP contribution in [0.5, 0.6) is 0 Å². The Kier molecular flexibility index (Phi) is 4.46. The highest BCUT2D eigenvalue weighted by atomic mass is 16.6. The van der Waals surface area contributed by atoms with Crippen LogP contribution in [0.4, 0.5) is 17.1 Å². The van der Waals surface area contributed by atoms with E-state index in [2.05, 4.69) is 10.7 Å². The standard InChI is InChI=1S/C11H18N4O3/c1-3-11(2,7-16)13-8-4-9(14-12)6-10(5-8)15(17)18/h4-6,13-14,16H,3,7,12H2,1-2H3. The summed E-state index contributed by atoms with van der Waals surface area (Å²) in [5, 5.41) is 23.2. The van der Waals surface area contributed by atoms with Gasteiger partial charge in [0.2, 0.25) is 0 Å². The third-order valence-corrected chi connectivity index (χ3v) is 2.87. The third-order valence-electron chi connectivity index (χ3n) is 2.87. The van der Waals surface area contributed by atoms with Gasteiger partial charge in [0, 0.05) is 17.8 Å². The number of nitrogens with two attached hydrogens (primary N) is 1. The van der Waals surface area contributed by atoms with Gasteiger partial charge in [0.05, 0.1) is 22.8 Å². The van der Waals surface area contributed by atoms with Gasteiger partial charge in [-0.3, -0.25) is 16.0 Å². The summed E-state index contributed by atoms with van der Waals surface area (Å²) in [7, 11) is 0. The van der Waals surface area contributed by atoms with E-state index in [0.29, 0.717) is 17.8 Å². The number of nitro benzene ring substituents is 1. The zero-order chi connectivity index (χ0) is 13.8. The van der Waals surface area contributed by atoms with Gasteiger partial charge in [-0.1, -0.05) is 6.92 Å². The van der Waals surface area contributed by atoms with Gasteiger partial charge in [-0.05, 0) is 19.4 Å². The van der Waals surface area contributed by atoms with Crippen molar-refractivity contribution < 1.29 is 10.0 Å². The summed E-state index contributed by atoms with van der Waals surface area (Å²) in [5.74, 6) is 5.27. The molecule has 18 heavy (non-hydrogen) atoms. The molecule has 0 spiro atoms. The van der Waals surface area contributed by atoms with Crippen LogP contribution in [-0.2, 0) is 0 Å². The maximum absolute atomic E-state index is 10.8. The van der Waals surface area contributed by atoms with E-state index in [0.717, 1.165) is 0 Å². The van der Waals surface area contributed by atoms with Crippen molar-refractivity contribution in [2.75, 3.05) is 17.3 Å². The van der Waals surface area contributed by atoms with Crippen molar-refractivity contribution in [1.29, 1.82) is 0 Å². The van der Waals surface area contributed by atoms with Gasteiger partial charge < -0.3 is 15.8 Å². The summed E-state index contributed by atoms with van der Waals surface area (Å²) in [4.78, 5) is 10.3. The number of hydrogen-bond acceptors (Lipinski definition) is 6. The number of anilines is 2. The maximum Gasteiger partial charge on any atom is 0.273 e. The number of non-ortho nitro benzene ring substituents is 1. The fraction of sp³-hybridized carbons (Fsp3) is 0.455. The Morgan fingerprint density at radius 2 is 2.06 bits per heavy atom. The number of rotatable bonds is 6. The normalized spacial score (nSPS) is 13.8. The van der Waals surface area contributed by atoms with E-state index in [9.17, 15) is 15.2 Å². The van der Waals surface area contributed by atoms with Gasteiger partial charge in [-0.15, -0.1) is 0 Å². The first kappa shape index (κ1) is 14.2. The van der Waals surface area contributed by atoms with Crippen molar-refractivity contribution >= 4 is 17.1 Å². The number of hydrazine groups is 1. The Bertz CT molecular complexity index is 432. The Labute approximate surface area is 105 Å². The van der Waals surface area contributed by atoms with E-state index in [4.69, 9.17) is 5.84 Å². The van der Waals surface area contributed by atoms with Crippen LogP contribution in [0.15, 0.2) is 18.2 Å². The molecule has 7 heteroatoms. The van der Waals surface area contributed by atoms with Crippen LogP contribution in [0.3, 0.4) is 0 Å². The zero-order valence-electron chi connectivity index (χ0n) is 10.4. The lowest BCUT2D eigenvalue weighted by Gasteiger charge is -2.28. The van der Waals surface area contributed by atoms with E-state index < -0.39 is 10.5 Å². The lowest BCUT2D eigenvalue weighted by Crippen LogP contribution is -2.37. The average Bonchev–Trinajstić information content (AvgIpc) is 2.38. The van der Waals surface area contributed by atoms with Crippen LogP contribution in [0.25, 0.3) is 0 Å². The molecule has 1 unspecified atom stereocenters. The van der Waals surface area contributed by atoms with Gasteiger partial charge in [-0.2, -0.15) is 0 Å². The van der Waals surface area contributed by atoms with Crippen molar-refractivity contribution in [2.45, 2.75) is 25.8 Å². The molecule has 0 aliphatic rings. The first-order valence-electron chi connectivity index (χ1n) is 5.59. The van der Waals surface area contributed by atoms with Crippen LogP contribution in [0, 0.1) is 10.1 Å². The fourth-order valence-electron chi connectivity index (χ4n) is 1.46. The van der Waals surface area contributed by atoms with Crippen molar-refractivity contribution in [3.05, 3.63) is 28.3 Å². The van der Waals surface area contributed by atoms with Crippen molar-refractivity contribution in [1.82, 2.24) is 0 Å². The van der Waals surface area contributed by atoms with Crippen LogP contribution >= 0.6 is 0 Å². The zero-order valence-corrected chi connectivity index (χ0v) is 10.4. The molecule has 0 aromatic heterocycles. The predicted octanol–water partition coefficient (Wildman–Crippen LogP) is 1.45. The monoisotopic (exact) mass is 254 g/mol. The molecule has 5 N–H and O–H groups in total. The van der Waals surface area contributed by atoms with Crippen molar-refractivity contribution in [2.24, 2.45) is 5.84 Å². The minimum Gasteiger partial charge on any atom is -0.394 e. The second-order valence-electron chi connectivity index (χ2n) is 4.37. The second-order valence-corrected chi connectivity index (χ2v) is 4.37. The van der Waals surface area contributed by atoms with Gasteiger partial charge in [0.15, 0.2) is 0 Å². The van der Waals surface area contributed by atoms with E-state index in [1.165, 1.54) is 12.1 Å². The Morgan fingerprint density at radius 3 is 2.50 bits per heavy atom. The number of nitrogens with zero attached hydrogens (tertiary/aromatic N) is 1. The molecule has 0 saturated heterocycles. The van der Waals surface area contributed by atoms with Crippen LogP contribution in [0.1, 0.15) is 20.3 Å². The summed E-state index contributed by atoms with van der Waals surface area (Å²) < 4.78 is 0. The SMILES string of the molecule is CCC(C)(CO)Nc1cc(NN)cc([N+](=O)[O-])c1. The molecular formula is C11H18N4O3. The number of aliphatic hydroxyl groups excluding tert-OH is 1. The van der Waals surface area contributed by atoms with E-state index in [1.54, 1.807) is 6.07 Å². The molecule has 0 radical (unpaired) electrons. The highest BCUT2D eigenvalue weighted by Crippen LogP contribution is 2.26. The Hall–Kier alpha value is -1.86. The van der Waals surface area contributed by atoms with Crippen LogP contribution in [0.2, 0.25) is 0 Å². The third kappa shape index (κ3) is 3.31. The molecule has 1 aromatic carbocycles. The number of hydrogen-bond donors (Lipinski definition) is 4. The quantitative estimate of drug-likeness (QED) is 0.347. The highest BCUT2D eigenvalue weighted by molar-refractivity contribution is 5.63. The largest absolute Gasteiger partial charge is 0.394 e. The molecule has 1 rings (SSSR count). The maximum atomic E-state index is 10.8. The molecule has 0 amide bonds. The Balaban J connectivity index is 3.08. The van der Waals surface area contributed by atoms with Crippen LogP contribution < -0.4 is 16.6 Å². The van der Waals surface area contributed by atoms with E-state index in [1.807, 2.05) is 13.8 Å². The molecule has 0 aliphatic heterocycles. The topological polar surface area (TPSA) is 113 Å². The summed E-state index contributed by atoms with van der Waals surface area (Å²) in [5.41, 5.74) is 2.76. The van der Waals surface area contributed by atoms with E-state index in [-0.39, 0.29) is 12.3 Å². The first-order chi connectivity index (χ1) is 8.44. The summed E-state index contributed by atoms with van der Waals surface area (Å²) in [6.07, 6.45) is 0.678. The van der Waals surface area contributed by atoms with Crippen molar-refractivity contribution in [3.8, 4) is 0 Å². The van der Waals surface area contributed by atoms with Crippen LogP contribution in [-0.4, -0.2) is 22.2 Å². The molecule has 1 atom stereocenters. The predicted molar refractivity (Wildman–Crippen MR) is 70.3 cm³/mol. The lowest BCUT2D eigenvalue weighted by molar-refractivity contribution is -0.384. The smallest absolute Gasteiger partial charge is 0.273 e. The molecule has 0 fully saturated rings. The minimum atomic E-state index is -0.527. The fourth-order valence-corrected chi connectivity index (χ4v) is 1.46. The van der Waals surface area contributed by atoms with Gasteiger partial charge in [0.1, 0.15) is 0 Å². The molecule has 0 aliphatic carbocycles. The number of aliphatic hydroxyl groups is 1. The first-order valence-corrected chi connectivity index (χ1v) is 5.59. The Morgan fingerprint density at radius 1 is 1.44 bits per heavy atom. The number of nitrogens with one attached hydrogen (secondary N) is 2. The van der Waals surface area contributed by atoms with Gasteiger partial charge in [0.25, 0.3) is 5.69 Å². The number of nitro groups is 1. The summed E-state index contributed by atoms with van der Waals surface area (Å²) in [6, 6.07) is 4.40. The van der Waals surface area contributed by atoms with Gasteiger partial charge in [-0.25, -0.2) is 0 Å². The molecule has 1 aromatic rings. The number of nitrogen functional groups attached to an aromatic ring is 1. The van der Waals surface area contributed by atoms with E-state index >= 15 is 0 Å².